The highest BCUT2D eigenvalue weighted by Crippen LogP contribution is 2.26. The smallest absolute Gasteiger partial charge is 0.260 e. The van der Waals surface area contributed by atoms with Crippen molar-refractivity contribution in [2.45, 2.75) is 76.0 Å². The zero-order valence-electron chi connectivity index (χ0n) is 22.2. The first-order valence-corrected chi connectivity index (χ1v) is 15.7. The summed E-state index contributed by atoms with van der Waals surface area (Å²) in [6.45, 7) is 4.94. The molecule has 1 saturated heterocycles. The van der Waals surface area contributed by atoms with Crippen LogP contribution in [0.25, 0.3) is 0 Å². The second-order valence-corrected chi connectivity index (χ2v) is 13.2. The molecule has 3 heterocycles. The lowest BCUT2D eigenvalue weighted by Crippen LogP contribution is -2.48. The van der Waals surface area contributed by atoms with Crippen molar-refractivity contribution >= 4 is 33.2 Å². The summed E-state index contributed by atoms with van der Waals surface area (Å²) in [4.78, 5) is 30.2. The number of aliphatic hydroxyl groups excluding tert-OH is 1. The van der Waals surface area contributed by atoms with Crippen LogP contribution >= 0.6 is 11.3 Å². The van der Waals surface area contributed by atoms with Crippen LogP contribution in [0, 0.1) is 11.8 Å². The summed E-state index contributed by atoms with van der Waals surface area (Å²) in [6, 6.07) is 8.02. The van der Waals surface area contributed by atoms with E-state index in [9.17, 15) is 23.1 Å². The van der Waals surface area contributed by atoms with E-state index < -0.39 is 22.2 Å². The van der Waals surface area contributed by atoms with E-state index in [1.165, 1.54) is 27.9 Å². The number of unbranched alkanes of at least 4 members (excludes halogenated alkanes) is 1. The van der Waals surface area contributed by atoms with Gasteiger partial charge in [-0.3, -0.25) is 9.59 Å². The first-order chi connectivity index (χ1) is 18.2. The van der Waals surface area contributed by atoms with Crippen molar-refractivity contribution in [1.82, 2.24) is 19.9 Å². The summed E-state index contributed by atoms with van der Waals surface area (Å²) < 4.78 is 27.2. The number of hydrogen-bond acceptors (Lipinski definition) is 7. The van der Waals surface area contributed by atoms with E-state index in [1.54, 1.807) is 12.1 Å². The first-order valence-electron chi connectivity index (χ1n) is 13.4. The summed E-state index contributed by atoms with van der Waals surface area (Å²) in [7, 11) is -3.74. The molecule has 2 unspecified atom stereocenters. The number of amides is 2. The van der Waals surface area contributed by atoms with Gasteiger partial charge < -0.3 is 15.7 Å². The van der Waals surface area contributed by atoms with Crippen molar-refractivity contribution in [2.75, 3.05) is 19.6 Å². The fourth-order valence-corrected chi connectivity index (χ4v) is 6.88. The van der Waals surface area contributed by atoms with E-state index >= 15 is 0 Å². The maximum atomic E-state index is 12.9. The largest absolute Gasteiger partial charge is 0.391 e. The molecule has 210 valence electrons. The zero-order chi connectivity index (χ0) is 27.5. The minimum atomic E-state index is -3.74. The molecular formula is C27H40N4O5S2. The van der Waals surface area contributed by atoms with Gasteiger partial charge in [0, 0.05) is 30.7 Å². The number of pyridine rings is 1. The molecular weight excluding hydrogens is 524 g/mol. The van der Waals surface area contributed by atoms with Gasteiger partial charge in [-0.1, -0.05) is 32.4 Å². The molecule has 0 spiro atoms. The van der Waals surface area contributed by atoms with Crippen molar-refractivity contribution in [1.29, 1.82) is 0 Å². The van der Waals surface area contributed by atoms with Gasteiger partial charge in [0.25, 0.3) is 10.0 Å². The Balaban J connectivity index is 1.41. The predicted molar refractivity (Wildman–Crippen MR) is 148 cm³/mol. The molecule has 1 fully saturated rings. The lowest BCUT2D eigenvalue weighted by molar-refractivity contribution is -0.129. The number of aromatic nitrogens is 1. The molecule has 3 N–H and O–H groups in total. The highest BCUT2D eigenvalue weighted by molar-refractivity contribution is 7.89. The third-order valence-corrected chi connectivity index (χ3v) is 9.39. The molecule has 0 radical (unpaired) electrons. The van der Waals surface area contributed by atoms with Crippen LogP contribution in [-0.2, 0) is 26.0 Å². The van der Waals surface area contributed by atoms with Gasteiger partial charge in [-0.25, -0.2) is 13.4 Å². The van der Waals surface area contributed by atoms with Gasteiger partial charge in [0.05, 0.1) is 12.5 Å². The second kappa shape index (κ2) is 14.7. The van der Waals surface area contributed by atoms with Gasteiger partial charge in [0.1, 0.15) is 6.04 Å². The molecule has 2 amide bonds. The molecule has 11 heteroatoms. The van der Waals surface area contributed by atoms with Crippen LogP contribution in [0.2, 0.25) is 0 Å². The Morgan fingerprint density at radius 2 is 2.03 bits per heavy atom. The number of nitrogens with one attached hydrogen (secondary N) is 2. The second-order valence-electron chi connectivity index (χ2n) is 10.3. The normalized spacial score (nSPS) is 19.6. The Labute approximate surface area is 230 Å². The van der Waals surface area contributed by atoms with Crippen molar-refractivity contribution in [3.63, 3.8) is 0 Å². The number of hydrogen-bond donors (Lipinski definition) is 3. The standard InChI is InChI=1S/C27H40N4O5S2/c1-20(2)17-23(30-25(33)18-22-11-8-16-37-22)27(34)29-14-5-3-9-21-10-7-15-31(19-24(21)32)38(35,36)26-12-4-6-13-28-26/h4,6,8,11-13,16,20-21,23-24,32H,3,5,7,9-10,14-15,17-19H2,1-2H3,(H,29,34)(H,30,33)/t21?,23-,24?/m0/s1. The van der Waals surface area contributed by atoms with Crippen LogP contribution < -0.4 is 10.6 Å². The third-order valence-electron chi connectivity index (χ3n) is 6.73. The number of sulfonamides is 1. The number of nitrogens with zero attached hydrogens (tertiary/aromatic N) is 2. The van der Waals surface area contributed by atoms with Gasteiger partial charge >= 0.3 is 0 Å². The number of carbonyl (C=O) groups is 2. The summed E-state index contributed by atoms with van der Waals surface area (Å²) in [5.41, 5.74) is 0. The van der Waals surface area contributed by atoms with E-state index in [2.05, 4.69) is 15.6 Å². The SMILES string of the molecule is CC(C)C[C@H](NC(=O)Cc1cccs1)C(=O)NCCCCC1CCCN(S(=O)(=O)c2ccccn2)CC1O. The van der Waals surface area contributed by atoms with Crippen molar-refractivity contribution < 1.29 is 23.1 Å². The van der Waals surface area contributed by atoms with E-state index in [-0.39, 0.29) is 41.6 Å². The molecule has 3 rings (SSSR count). The highest BCUT2D eigenvalue weighted by Gasteiger charge is 2.33. The Morgan fingerprint density at radius 1 is 1.21 bits per heavy atom. The van der Waals surface area contributed by atoms with Crippen molar-refractivity contribution in [3.05, 3.63) is 46.8 Å². The third kappa shape index (κ3) is 9.14. The maximum absolute atomic E-state index is 12.9. The van der Waals surface area contributed by atoms with E-state index in [0.29, 0.717) is 25.9 Å². The Kier molecular flexibility index (Phi) is 11.7. The predicted octanol–water partition coefficient (Wildman–Crippen LogP) is 2.96. The van der Waals surface area contributed by atoms with Crippen LogP contribution in [0.3, 0.4) is 0 Å². The average Bonchev–Trinajstić information content (AvgIpc) is 3.31. The fraction of sp³-hybridized carbons (Fsp3) is 0.593. The molecule has 0 bridgehead atoms. The van der Waals surface area contributed by atoms with Crippen LogP contribution in [0.5, 0.6) is 0 Å². The van der Waals surface area contributed by atoms with Gasteiger partial charge in [0.2, 0.25) is 11.8 Å². The minimum absolute atomic E-state index is 0.000117. The van der Waals surface area contributed by atoms with Crippen molar-refractivity contribution in [2.24, 2.45) is 11.8 Å². The minimum Gasteiger partial charge on any atom is -0.391 e. The number of thiophene rings is 1. The Hall–Kier alpha value is -2.34. The van der Waals surface area contributed by atoms with E-state index in [0.717, 1.165) is 30.6 Å². The number of aliphatic hydroxyl groups is 1. The Morgan fingerprint density at radius 3 is 2.71 bits per heavy atom. The molecule has 3 atom stereocenters. The first kappa shape index (κ1) is 30.2. The number of rotatable bonds is 13. The lowest BCUT2D eigenvalue weighted by Gasteiger charge is -2.24. The molecule has 2 aromatic heterocycles. The fourth-order valence-electron chi connectivity index (χ4n) is 4.74. The topological polar surface area (TPSA) is 129 Å². The molecule has 0 aliphatic carbocycles. The average molecular weight is 565 g/mol. The molecule has 9 nitrogen and oxygen atoms in total. The zero-order valence-corrected chi connectivity index (χ0v) is 23.8. The molecule has 0 saturated carbocycles. The van der Waals surface area contributed by atoms with Crippen LogP contribution in [0.15, 0.2) is 46.9 Å². The monoisotopic (exact) mass is 564 g/mol. The highest BCUT2D eigenvalue weighted by atomic mass is 32.2. The van der Waals surface area contributed by atoms with E-state index in [1.807, 2.05) is 31.4 Å². The van der Waals surface area contributed by atoms with Gasteiger partial charge in [-0.2, -0.15) is 4.31 Å². The van der Waals surface area contributed by atoms with Crippen molar-refractivity contribution in [3.8, 4) is 0 Å². The maximum Gasteiger partial charge on any atom is 0.260 e. The molecule has 0 aromatic carbocycles. The van der Waals surface area contributed by atoms with Gasteiger partial charge in [-0.15, -0.1) is 11.3 Å². The van der Waals surface area contributed by atoms with Crippen LogP contribution in [0.4, 0.5) is 0 Å². The lowest BCUT2D eigenvalue weighted by atomic mass is 9.92. The summed E-state index contributed by atoms with van der Waals surface area (Å²) in [5.74, 6) is -0.0803. The van der Waals surface area contributed by atoms with E-state index in [4.69, 9.17) is 0 Å². The van der Waals surface area contributed by atoms with Gasteiger partial charge in [0.15, 0.2) is 5.03 Å². The van der Waals surface area contributed by atoms with Crippen LogP contribution in [0.1, 0.15) is 57.2 Å². The quantitative estimate of drug-likeness (QED) is 0.321. The van der Waals surface area contributed by atoms with Crippen LogP contribution in [-0.4, -0.2) is 66.4 Å². The molecule has 1 aliphatic rings. The Bertz CT molecular complexity index is 1110. The molecule has 2 aromatic rings. The van der Waals surface area contributed by atoms with Gasteiger partial charge in [-0.05, 0) is 67.5 Å². The number of carbonyl (C=O) groups excluding carboxylic acids is 2. The summed E-state index contributed by atoms with van der Waals surface area (Å²) >= 11 is 1.52. The molecule has 38 heavy (non-hydrogen) atoms. The molecule has 1 aliphatic heterocycles. The number of β-amino-alcohol motifs (C(OH)–C–C–N with tert-alkyl or cyclic N) is 1. The summed E-state index contributed by atoms with van der Waals surface area (Å²) in [6.07, 6.45) is 5.24. The summed E-state index contributed by atoms with van der Waals surface area (Å²) in [5, 5.41) is 18.5.